The summed E-state index contributed by atoms with van der Waals surface area (Å²) < 4.78 is 15.2. The third-order valence-corrected chi connectivity index (χ3v) is 8.58. The number of nitrogens with one attached hydrogen (secondary N) is 1. The first-order chi connectivity index (χ1) is 17.5. The number of halogens is 2. The summed E-state index contributed by atoms with van der Waals surface area (Å²) in [6.07, 6.45) is 5.14. The first-order valence-electron chi connectivity index (χ1n) is 12.5. The molecule has 1 aromatic heterocycles. The molecule has 0 atom stereocenters. The van der Waals surface area contributed by atoms with Crippen LogP contribution in [0.1, 0.15) is 51.4 Å². The molecule has 4 nitrogen and oxygen atoms in total. The molecule has 2 aliphatic rings. The number of aryl methyl sites for hydroxylation is 2. The number of benzene rings is 3. The van der Waals surface area contributed by atoms with Crippen molar-refractivity contribution in [1.82, 2.24) is 9.88 Å². The number of nitrogens with zero attached hydrogens (tertiary/aromatic N) is 1. The smallest absolute Gasteiger partial charge is 0.295 e. The molecule has 0 saturated carbocycles. The highest BCUT2D eigenvalue weighted by atomic mass is 79.9. The van der Waals surface area contributed by atoms with E-state index in [0.717, 1.165) is 25.7 Å². The summed E-state index contributed by atoms with van der Waals surface area (Å²) in [6.45, 7) is 1.04. The second-order valence-electron chi connectivity index (χ2n) is 9.82. The standard InChI is InChI=1S/C30H26BrFN2O2/c31-24-11-12-25(32)27-23(17-33-28(24)27)29(35)30(36)34-15-13-20(14-16-34)26-21-7-3-1-5-18(21)9-10-19-6-2-4-8-22(19)26/h1-8,11-12,17,20,26,33H,9-10,13-16H2. The van der Waals surface area contributed by atoms with E-state index < -0.39 is 17.5 Å². The largest absolute Gasteiger partial charge is 0.359 e. The Morgan fingerprint density at radius 1 is 0.889 bits per heavy atom. The van der Waals surface area contributed by atoms with Crippen LogP contribution in [-0.2, 0) is 17.6 Å². The average Bonchev–Trinajstić information content (AvgIpc) is 3.30. The summed E-state index contributed by atoms with van der Waals surface area (Å²) in [7, 11) is 0. The number of carbonyl (C=O) groups excluding carboxylic acids is 2. The van der Waals surface area contributed by atoms with E-state index in [0.29, 0.717) is 29.0 Å². The number of ketones is 1. The molecule has 1 aliphatic heterocycles. The third kappa shape index (κ3) is 3.88. The highest BCUT2D eigenvalue weighted by Crippen LogP contribution is 2.43. The van der Waals surface area contributed by atoms with Gasteiger partial charge in [0.1, 0.15) is 5.82 Å². The van der Waals surface area contributed by atoms with E-state index >= 15 is 0 Å². The molecule has 182 valence electrons. The van der Waals surface area contributed by atoms with E-state index in [1.807, 2.05) is 0 Å². The zero-order valence-corrected chi connectivity index (χ0v) is 21.4. The van der Waals surface area contributed by atoms with Crippen molar-refractivity contribution in [3.8, 4) is 0 Å². The third-order valence-electron chi connectivity index (χ3n) is 7.91. The van der Waals surface area contributed by atoms with Gasteiger partial charge in [-0.15, -0.1) is 0 Å². The zero-order valence-electron chi connectivity index (χ0n) is 19.8. The lowest BCUT2D eigenvalue weighted by Crippen LogP contribution is -2.43. The van der Waals surface area contributed by atoms with Crippen LogP contribution in [0.2, 0.25) is 0 Å². The molecule has 0 spiro atoms. The molecule has 0 unspecified atom stereocenters. The Labute approximate surface area is 217 Å². The van der Waals surface area contributed by atoms with E-state index in [2.05, 4.69) is 69.4 Å². The lowest BCUT2D eigenvalue weighted by Gasteiger charge is -2.37. The van der Waals surface area contributed by atoms with Crippen molar-refractivity contribution in [2.75, 3.05) is 13.1 Å². The van der Waals surface area contributed by atoms with Crippen molar-refractivity contribution in [2.45, 2.75) is 31.6 Å². The van der Waals surface area contributed by atoms with Crippen LogP contribution in [0.15, 0.2) is 71.3 Å². The second kappa shape index (κ2) is 9.32. The van der Waals surface area contributed by atoms with Gasteiger partial charge in [-0.25, -0.2) is 4.39 Å². The lowest BCUT2D eigenvalue weighted by molar-refractivity contribution is -0.127. The van der Waals surface area contributed by atoms with Crippen LogP contribution in [-0.4, -0.2) is 34.7 Å². The van der Waals surface area contributed by atoms with E-state index in [9.17, 15) is 14.0 Å². The molecule has 3 aromatic carbocycles. The molecule has 6 rings (SSSR count). The van der Waals surface area contributed by atoms with Gasteiger partial charge in [-0.1, -0.05) is 48.5 Å². The van der Waals surface area contributed by atoms with Gasteiger partial charge in [-0.2, -0.15) is 0 Å². The van der Waals surface area contributed by atoms with E-state index in [1.165, 1.54) is 34.5 Å². The molecule has 4 aromatic rings. The predicted molar refractivity (Wildman–Crippen MR) is 142 cm³/mol. The Bertz CT molecular complexity index is 1440. The maximum Gasteiger partial charge on any atom is 0.295 e. The van der Waals surface area contributed by atoms with E-state index in [4.69, 9.17) is 0 Å². The van der Waals surface area contributed by atoms with Gasteiger partial charge in [0.2, 0.25) is 0 Å². The molecule has 2 heterocycles. The minimum atomic E-state index is -0.665. The van der Waals surface area contributed by atoms with Crippen molar-refractivity contribution in [1.29, 1.82) is 0 Å². The Morgan fingerprint density at radius 3 is 2.14 bits per heavy atom. The number of likely N-dealkylation sites (tertiary alicyclic amines) is 1. The van der Waals surface area contributed by atoms with E-state index in [-0.39, 0.29) is 16.9 Å². The Morgan fingerprint density at radius 2 is 1.50 bits per heavy atom. The molecular formula is C30H26BrFN2O2. The lowest BCUT2D eigenvalue weighted by atomic mass is 9.74. The van der Waals surface area contributed by atoms with Crippen LogP contribution < -0.4 is 0 Å². The molecule has 6 heteroatoms. The molecule has 36 heavy (non-hydrogen) atoms. The van der Waals surface area contributed by atoms with E-state index in [1.54, 1.807) is 11.0 Å². The van der Waals surface area contributed by atoms with Crippen LogP contribution in [0, 0.1) is 11.7 Å². The zero-order chi connectivity index (χ0) is 24.8. The number of amides is 1. The maximum absolute atomic E-state index is 14.5. The van der Waals surface area contributed by atoms with Gasteiger partial charge in [0, 0.05) is 35.1 Å². The number of aromatic amines is 1. The van der Waals surface area contributed by atoms with Gasteiger partial charge in [-0.3, -0.25) is 9.59 Å². The Kier molecular flexibility index (Phi) is 6.00. The molecule has 0 bridgehead atoms. The number of piperidine rings is 1. The summed E-state index contributed by atoms with van der Waals surface area (Å²) in [6, 6.07) is 20.4. The molecule has 1 aliphatic carbocycles. The highest BCUT2D eigenvalue weighted by molar-refractivity contribution is 9.10. The molecule has 1 N–H and O–H groups in total. The summed E-state index contributed by atoms with van der Waals surface area (Å²) >= 11 is 3.38. The van der Waals surface area contributed by atoms with Gasteiger partial charge >= 0.3 is 0 Å². The van der Waals surface area contributed by atoms with Crippen LogP contribution >= 0.6 is 15.9 Å². The highest BCUT2D eigenvalue weighted by Gasteiger charge is 2.35. The van der Waals surface area contributed by atoms with Gasteiger partial charge in [0.15, 0.2) is 0 Å². The van der Waals surface area contributed by atoms with Crippen molar-refractivity contribution >= 4 is 38.5 Å². The normalized spacial score (nSPS) is 16.4. The number of Topliss-reactive ketones (excluding diaryl/α,β-unsaturated/α-hetero) is 1. The van der Waals surface area contributed by atoms with Gasteiger partial charge in [0.25, 0.3) is 11.7 Å². The molecular weight excluding hydrogens is 519 g/mol. The maximum atomic E-state index is 14.5. The average molecular weight is 545 g/mol. The minimum absolute atomic E-state index is 0.0857. The molecule has 1 amide bonds. The van der Waals surface area contributed by atoms with Crippen molar-refractivity contribution in [3.05, 3.63) is 105 Å². The summed E-state index contributed by atoms with van der Waals surface area (Å²) in [5.74, 6) is -1.08. The number of hydrogen-bond acceptors (Lipinski definition) is 2. The number of fused-ring (bicyclic) bond motifs is 3. The molecule has 1 fully saturated rings. The SMILES string of the molecule is O=C(C(=O)N1CCC(C2c3ccccc3CCc3ccccc32)CC1)c1c[nH]c2c(Br)ccc(F)c12. The minimum Gasteiger partial charge on any atom is -0.359 e. The van der Waals surface area contributed by atoms with Gasteiger partial charge in [-0.05, 0) is 81.9 Å². The van der Waals surface area contributed by atoms with Crippen LogP contribution in [0.3, 0.4) is 0 Å². The fraction of sp³-hybridized carbons (Fsp3) is 0.267. The Hall–Kier alpha value is -3.25. The molecule has 0 radical (unpaired) electrons. The Balaban J connectivity index is 1.24. The molecule has 1 saturated heterocycles. The number of H-pyrrole nitrogens is 1. The van der Waals surface area contributed by atoms with Crippen LogP contribution in [0.5, 0.6) is 0 Å². The number of rotatable bonds is 3. The van der Waals surface area contributed by atoms with Crippen LogP contribution in [0.25, 0.3) is 10.9 Å². The summed E-state index contributed by atoms with van der Waals surface area (Å²) in [5.41, 5.74) is 6.16. The van der Waals surface area contributed by atoms with Crippen molar-refractivity contribution in [3.63, 3.8) is 0 Å². The van der Waals surface area contributed by atoms with Crippen LogP contribution in [0.4, 0.5) is 4.39 Å². The monoisotopic (exact) mass is 544 g/mol. The van der Waals surface area contributed by atoms with Crippen molar-refractivity contribution < 1.29 is 14.0 Å². The first-order valence-corrected chi connectivity index (χ1v) is 13.3. The predicted octanol–water partition coefficient (Wildman–Crippen LogP) is 6.42. The number of carbonyl (C=O) groups is 2. The first kappa shape index (κ1) is 23.2. The fourth-order valence-electron chi connectivity index (χ4n) is 6.12. The summed E-state index contributed by atoms with van der Waals surface area (Å²) in [4.78, 5) is 30.9. The quantitative estimate of drug-likeness (QED) is 0.239. The van der Waals surface area contributed by atoms with Crippen molar-refractivity contribution in [2.24, 2.45) is 5.92 Å². The van der Waals surface area contributed by atoms with Gasteiger partial charge < -0.3 is 9.88 Å². The number of hydrogen-bond donors (Lipinski definition) is 1. The second-order valence-corrected chi connectivity index (χ2v) is 10.7. The topological polar surface area (TPSA) is 53.2 Å². The number of aromatic nitrogens is 1. The summed E-state index contributed by atoms with van der Waals surface area (Å²) in [5, 5.41) is 0.157. The van der Waals surface area contributed by atoms with Gasteiger partial charge in [0.05, 0.1) is 11.1 Å². The fourth-order valence-corrected chi connectivity index (χ4v) is 6.57.